The molecule has 136 valence electrons. The molecule has 0 bridgehead atoms. The van der Waals surface area contributed by atoms with Gasteiger partial charge >= 0.3 is 5.97 Å². The summed E-state index contributed by atoms with van der Waals surface area (Å²) in [4.78, 5) is 36.4. The summed E-state index contributed by atoms with van der Waals surface area (Å²) in [6, 6.07) is 15.9. The number of carboxylic acid groups (broad SMARTS) is 1. The number of Topliss-reactive ketones (excluding diaryl/α,β-unsaturated/α-hetero) is 2. The molecule has 0 spiro atoms. The molecule has 2 rings (SSSR count). The Morgan fingerprint density at radius 3 is 1.92 bits per heavy atom. The number of aliphatic carboxylic acids is 1. The van der Waals surface area contributed by atoms with Gasteiger partial charge in [-0.05, 0) is 19.3 Å². The van der Waals surface area contributed by atoms with Gasteiger partial charge in [0.25, 0.3) is 0 Å². The van der Waals surface area contributed by atoms with Gasteiger partial charge in [0.1, 0.15) is 0 Å². The zero-order chi connectivity index (χ0) is 19.2. The summed E-state index contributed by atoms with van der Waals surface area (Å²) < 4.78 is 0. The van der Waals surface area contributed by atoms with Gasteiger partial charge < -0.3 is 16.6 Å². The zero-order valence-electron chi connectivity index (χ0n) is 14.3. The number of rotatable bonds is 9. The zero-order valence-corrected chi connectivity index (χ0v) is 14.3. The van der Waals surface area contributed by atoms with Crippen molar-refractivity contribution in [2.45, 2.75) is 30.8 Å². The Balaban J connectivity index is 2.01. The van der Waals surface area contributed by atoms with E-state index < -0.39 is 23.3 Å². The van der Waals surface area contributed by atoms with Gasteiger partial charge in [-0.1, -0.05) is 60.7 Å². The fraction of sp³-hybridized carbons (Fsp3) is 0.250. The number of hydrogen-bond donors (Lipinski definition) is 3. The topological polar surface area (TPSA) is 123 Å². The van der Waals surface area contributed by atoms with E-state index >= 15 is 0 Å². The number of carboxylic acids is 1. The third-order valence-electron chi connectivity index (χ3n) is 4.30. The summed E-state index contributed by atoms with van der Waals surface area (Å²) in [6.07, 6.45) is 0.370. The van der Waals surface area contributed by atoms with Crippen LogP contribution in [0.3, 0.4) is 0 Å². The third kappa shape index (κ3) is 4.41. The van der Waals surface area contributed by atoms with Crippen molar-refractivity contribution in [1.82, 2.24) is 0 Å². The second kappa shape index (κ2) is 8.51. The van der Waals surface area contributed by atoms with Crippen LogP contribution in [0.1, 0.15) is 40.0 Å². The summed E-state index contributed by atoms with van der Waals surface area (Å²) in [7, 11) is 0. The van der Waals surface area contributed by atoms with Crippen LogP contribution in [-0.2, 0) is 4.79 Å². The average molecular weight is 354 g/mol. The first-order chi connectivity index (χ1) is 12.4. The summed E-state index contributed by atoms with van der Waals surface area (Å²) >= 11 is 0. The second-order valence-corrected chi connectivity index (χ2v) is 6.20. The molecule has 0 saturated heterocycles. The first-order valence-corrected chi connectivity index (χ1v) is 8.33. The van der Waals surface area contributed by atoms with Crippen LogP contribution < -0.4 is 11.5 Å². The highest BCUT2D eigenvalue weighted by molar-refractivity contribution is 6.15. The maximum absolute atomic E-state index is 12.5. The van der Waals surface area contributed by atoms with Crippen LogP contribution in [0.2, 0.25) is 0 Å². The van der Waals surface area contributed by atoms with Gasteiger partial charge in [0.15, 0.2) is 17.1 Å². The normalized spacial score (nSPS) is 14.2. The first-order valence-electron chi connectivity index (χ1n) is 8.33. The highest BCUT2D eigenvalue weighted by atomic mass is 16.4. The summed E-state index contributed by atoms with van der Waals surface area (Å²) in [6.45, 7) is 0. The molecule has 26 heavy (non-hydrogen) atoms. The van der Waals surface area contributed by atoms with E-state index in [0.29, 0.717) is 5.56 Å². The molecule has 6 nitrogen and oxygen atoms in total. The van der Waals surface area contributed by atoms with E-state index in [4.69, 9.17) is 11.5 Å². The lowest BCUT2D eigenvalue weighted by Crippen LogP contribution is -2.55. The number of hydrogen-bond acceptors (Lipinski definition) is 5. The smallest absolute Gasteiger partial charge is 0.331 e. The van der Waals surface area contributed by atoms with E-state index in [1.807, 2.05) is 0 Å². The predicted octanol–water partition coefficient (Wildman–Crippen LogP) is 2.03. The summed E-state index contributed by atoms with van der Waals surface area (Å²) in [5.74, 6) is -2.28. The van der Waals surface area contributed by atoms with Crippen molar-refractivity contribution in [3.63, 3.8) is 0 Å². The second-order valence-electron chi connectivity index (χ2n) is 6.20. The van der Waals surface area contributed by atoms with Crippen molar-refractivity contribution in [2.24, 2.45) is 11.5 Å². The molecular weight excluding hydrogens is 332 g/mol. The molecule has 2 unspecified atom stereocenters. The Morgan fingerprint density at radius 1 is 0.923 bits per heavy atom. The number of nitrogens with two attached hydrogens (primary N) is 2. The highest BCUT2D eigenvalue weighted by Crippen LogP contribution is 2.20. The van der Waals surface area contributed by atoms with Gasteiger partial charge in [-0.15, -0.1) is 0 Å². The van der Waals surface area contributed by atoms with E-state index in [1.165, 1.54) is 12.1 Å². The fourth-order valence-electron chi connectivity index (χ4n) is 2.71. The lowest BCUT2D eigenvalue weighted by Gasteiger charge is -2.24. The summed E-state index contributed by atoms with van der Waals surface area (Å²) in [5.41, 5.74) is 10.5. The van der Waals surface area contributed by atoms with Crippen LogP contribution in [0.4, 0.5) is 0 Å². The van der Waals surface area contributed by atoms with Crippen LogP contribution in [0.15, 0.2) is 60.7 Å². The fourth-order valence-corrected chi connectivity index (χ4v) is 2.71. The molecule has 0 aromatic heterocycles. The molecule has 0 aliphatic carbocycles. The standard InChI is InChI=1S/C20H22N2O4/c21-16(17(23)14-8-3-1-4-9-14)12-7-13-20(22,19(25)26)18(24)15-10-5-2-6-11-15/h1-6,8-11,16H,7,12-13,21-22H2,(H,25,26). The van der Waals surface area contributed by atoms with Crippen LogP contribution in [0.25, 0.3) is 0 Å². The molecule has 0 heterocycles. The van der Waals surface area contributed by atoms with Crippen molar-refractivity contribution in [3.05, 3.63) is 71.8 Å². The average Bonchev–Trinajstić information content (AvgIpc) is 2.67. The molecule has 0 amide bonds. The Morgan fingerprint density at radius 2 is 1.42 bits per heavy atom. The Bertz CT molecular complexity index is 777. The van der Waals surface area contributed by atoms with Gasteiger partial charge in [-0.3, -0.25) is 9.59 Å². The van der Waals surface area contributed by atoms with Crippen LogP contribution in [-0.4, -0.2) is 34.2 Å². The van der Waals surface area contributed by atoms with Crippen LogP contribution in [0.5, 0.6) is 0 Å². The minimum Gasteiger partial charge on any atom is -0.480 e. The maximum atomic E-state index is 12.5. The minimum atomic E-state index is -2.04. The van der Waals surface area contributed by atoms with Crippen molar-refractivity contribution in [3.8, 4) is 0 Å². The summed E-state index contributed by atoms with van der Waals surface area (Å²) in [5, 5.41) is 9.47. The number of carbonyl (C=O) groups is 3. The molecule has 0 fully saturated rings. The molecule has 0 aliphatic heterocycles. The molecule has 0 saturated carbocycles. The van der Waals surface area contributed by atoms with Crippen LogP contribution in [0, 0.1) is 0 Å². The quantitative estimate of drug-likeness (QED) is 0.468. The third-order valence-corrected chi connectivity index (χ3v) is 4.30. The highest BCUT2D eigenvalue weighted by Gasteiger charge is 2.42. The van der Waals surface area contributed by atoms with Gasteiger partial charge in [-0.2, -0.15) is 0 Å². The predicted molar refractivity (Wildman–Crippen MR) is 97.9 cm³/mol. The molecule has 2 aromatic carbocycles. The van der Waals surface area contributed by atoms with Gasteiger partial charge in [0.2, 0.25) is 0 Å². The largest absolute Gasteiger partial charge is 0.480 e. The van der Waals surface area contributed by atoms with E-state index in [9.17, 15) is 19.5 Å². The van der Waals surface area contributed by atoms with Gasteiger partial charge in [0.05, 0.1) is 6.04 Å². The van der Waals surface area contributed by atoms with Crippen molar-refractivity contribution < 1.29 is 19.5 Å². The van der Waals surface area contributed by atoms with E-state index in [1.54, 1.807) is 48.5 Å². The molecule has 5 N–H and O–H groups in total. The lowest BCUT2D eigenvalue weighted by atomic mass is 9.84. The monoisotopic (exact) mass is 354 g/mol. The van der Waals surface area contributed by atoms with E-state index in [0.717, 1.165) is 0 Å². The molecular formula is C20H22N2O4. The first kappa shape index (κ1) is 19.5. The molecule has 0 radical (unpaired) electrons. The van der Waals surface area contributed by atoms with Gasteiger partial charge in [0, 0.05) is 11.1 Å². The maximum Gasteiger partial charge on any atom is 0.331 e. The molecule has 2 aromatic rings. The Kier molecular flexibility index (Phi) is 6.38. The Hall–Kier alpha value is -2.83. The molecule has 2 atom stereocenters. The lowest BCUT2D eigenvalue weighted by molar-refractivity contribution is -0.141. The SMILES string of the molecule is NC(CCCC(N)(C(=O)O)C(=O)c1ccccc1)C(=O)c1ccccc1. The minimum absolute atomic E-state index is 0.105. The van der Waals surface area contributed by atoms with Crippen LogP contribution >= 0.6 is 0 Å². The van der Waals surface area contributed by atoms with E-state index in [2.05, 4.69) is 0 Å². The molecule has 0 aliphatic rings. The van der Waals surface area contributed by atoms with E-state index in [-0.39, 0.29) is 30.6 Å². The number of carbonyl (C=O) groups excluding carboxylic acids is 2. The molecule has 6 heteroatoms. The van der Waals surface area contributed by atoms with Crippen molar-refractivity contribution >= 4 is 17.5 Å². The van der Waals surface area contributed by atoms with Gasteiger partial charge in [-0.25, -0.2) is 4.79 Å². The number of benzene rings is 2. The Labute approximate surface area is 151 Å². The van der Waals surface area contributed by atoms with Crippen molar-refractivity contribution in [2.75, 3.05) is 0 Å². The number of ketones is 2. The van der Waals surface area contributed by atoms with Crippen molar-refractivity contribution in [1.29, 1.82) is 0 Å².